The van der Waals surface area contributed by atoms with E-state index in [0.29, 0.717) is 5.69 Å². The zero-order chi connectivity index (χ0) is 14.4. The average Bonchev–Trinajstić information content (AvgIpc) is 3.21. The van der Waals surface area contributed by atoms with Crippen molar-refractivity contribution >= 4 is 5.91 Å². The Labute approximate surface area is 123 Å². The molecule has 1 fully saturated rings. The van der Waals surface area contributed by atoms with Gasteiger partial charge >= 0.3 is 0 Å². The lowest BCUT2D eigenvalue weighted by atomic mass is 10.1. The van der Waals surface area contributed by atoms with Crippen LogP contribution in [0.25, 0.3) is 0 Å². The van der Waals surface area contributed by atoms with Gasteiger partial charge in [0, 0.05) is 36.6 Å². The number of likely N-dealkylation sites (tertiary alicyclic amines) is 1. The summed E-state index contributed by atoms with van der Waals surface area (Å²) in [5.41, 5.74) is 4.04. The number of aromatic amines is 1. The minimum atomic E-state index is 0.0701. The summed E-state index contributed by atoms with van der Waals surface area (Å²) >= 11 is 0. The maximum absolute atomic E-state index is 12.9. The molecular formula is C15H19N5O. The van der Waals surface area contributed by atoms with E-state index in [1.165, 1.54) is 0 Å². The van der Waals surface area contributed by atoms with Crippen LogP contribution in [-0.4, -0.2) is 37.3 Å². The molecule has 2 aliphatic rings. The monoisotopic (exact) mass is 285 g/mol. The van der Waals surface area contributed by atoms with Gasteiger partial charge in [0.2, 0.25) is 0 Å². The van der Waals surface area contributed by atoms with Gasteiger partial charge in [-0.3, -0.25) is 14.6 Å². The van der Waals surface area contributed by atoms with E-state index in [-0.39, 0.29) is 11.9 Å². The van der Waals surface area contributed by atoms with Crippen molar-refractivity contribution in [2.24, 2.45) is 7.05 Å². The van der Waals surface area contributed by atoms with Gasteiger partial charge in [0.1, 0.15) is 0 Å². The molecule has 0 bridgehead atoms. The first-order valence-corrected chi connectivity index (χ1v) is 7.59. The summed E-state index contributed by atoms with van der Waals surface area (Å²) < 4.78 is 1.79. The van der Waals surface area contributed by atoms with Crippen molar-refractivity contribution in [3.8, 4) is 0 Å². The number of amides is 1. The van der Waals surface area contributed by atoms with E-state index in [1.807, 2.05) is 24.3 Å². The number of nitrogens with zero attached hydrogens (tertiary/aromatic N) is 4. The number of carbonyl (C=O) groups excluding carboxylic acids is 1. The molecule has 1 atom stereocenters. The van der Waals surface area contributed by atoms with Crippen LogP contribution in [0.1, 0.15) is 52.6 Å². The fourth-order valence-electron chi connectivity index (χ4n) is 3.60. The highest BCUT2D eigenvalue weighted by molar-refractivity contribution is 5.94. The van der Waals surface area contributed by atoms with Crippen LogP contribution in [0.15, 0.2) is 12.4 Å². The normalized spacial score (nSPS) is 21.0. The van der Waals surface area contributed by atoms with E-state index in [1.54, 1.807) is 4.68 Å². The zero-order valence-electron chi connectivity index (χ0n) is 12.2. The van der Waals surface area contributed by atoms with Crippen LogP contribution in [-0.2, 0) is 19.9 Å². The van der Waals surface area contributed by atoms with E-state index < -0.39 is 0 Å². The van der Waals surface area contributed by atoms with E-state index in [9.17, 15) is 4.79 Å². The van der Waals surface area contributed by atoms with Crippen LogP contribution >= 0.6 is 0 Å². The van der Waals surface area contributed by atoms with E-state index in [0.717, 1.165) is 55.5 Å². The minimum Gasteiger partial charge on any atom is -0.330 e. The van der Waals surface area contributed by atoms with Crippen molar-refractivity contribution in [2.75, 3.05) is 6.54 Å². The number of hydrogen-bond acceptors (Lipinski definition) is 3. The maximum atomic E-state index is 12.9. The topological polar surface area (TPSA) is 66.8 Å². The smallest absolute Gasteiger partial charge is 0.275 e. The lowest BCUT2D eigenvalue weighted by Crippen LogP contribution is -2.31. The first-order chi connectivity index (χ1) is 10.2. The number of H-pyrrole nitrogens is 1. The molecule has 6 nitrogen and oxygen atoms in total. The van der Waals surface area contributed by atoms with Crippen LogP contribution < -0.4 is 0 Å². The predicted octanol–water partition coefficient (Wildman–Crippen LogP) is 1.61. The number of fused-ring (bicyclic) bond motifs is 1. The Morgan fingerprint density at radius 2 is 2.29 bits per heavy atom. The Bertz CT molecular complexity index is 686. The van der Waals surface area contributed by atoms with Gasteiger partial charge < -0.3 is 4.90 Å². The van der Waals surface area contributed by atoms with Gasteiger partial charge in [-0.05, 0) is 32.1 Å². The Hall–Kier alpha value is -2.11. The van der Waals surface area contributed by atoms with Crippen LogP contribution in [0.5, 0.6) is 0 Å². The molecule has 0 radical (unpaired) electrons. The second-order valence-electron chi connectivity index (χ2n) is 5.99. The van der Waals surface area contributed by atoms with Crippen molar-refractivity contribution in [3.05, 3.63) is 34.9 Å². The zero-order valence-corrected chi connectivity index (χ0v) is 12.2. The van der Waals surface area contributed by atoms with Crippen molar-refractivity contribution in [3.63, 3.8) is 0 Å². The molecule has 110 valence electrons. The third kappa shape index (κ3) is 1.97. The first-order valence-electron chi connectivity index (χ1n) is 7.59. The second-order valence-corrected chi connectivity index (χ2v) is 5.99. The van der Waals surface area contributed by atoms with E-state index in [2.05, 4.69) is 15.3 Å². The molecule has 2 aromatic heterocycles. The Kier molecular flexibility index (Phi) is 2.83. The van der Waals surface area contributed by atoms with E-state index in [4.69, 9.17) is 0 Å². The summed E-state index contributed by atoms with van der Waals surface area (Å²) in [4.78, 5) is 14.8. The van der Waals surface area contributed by atoms with Gasteiger partial charge in [-0.15, -0.1) is 0 Å². The molecule has 21 heavy (non-hydrogen) atoms. The van der Waals surface area contributed by atoms with Crippen molar-refractivity contribution in [1.29, 1.82) is 0 Å². The van der Waals surface area contributed by atoms with Gasteiger partial charge in [0.25, 0.3) is 5.91 Å². The molecule has 3 heterocycles. The molecule has 0 aromatic carbocycles. The van der Waals surface area contributed by atoms with Gasteiger partial charge in [0.15, 0.2) is 5.69 Å². The molecule has 1 aliphatic carbocycles. The summed E-state index contributed by atoms with van der Waals surface area (Å²) in [5.74, 6) is 0.0701. The fraction of sp³-hybridized carbons (Fsp3) is 0.533. The number of aromatic nitrogens is 4. The third-order valence-electron chi connectivity index (χ3n) is 4.63. The van der Waals surface area contributed by atoms with Crippen LogP contribution in [0, 0.1) is 0 Å². The molecular weight excluding hydrogens is 266 g/mol. The molecule has 1 N–H and O–H groups in total. The molecule has 0 unspecified atom stereocenters. The van der Waals surface area contributed by atoms with Crippen molar-refractivity contribution in [1.82, 2.24) is 24.9 Å². The van der Waals surface area contributed by atoms with Crippen LogP contribution in [0.2, 0.25) is 0 Å². The van der Waals surface area contributed by atoms with Crippen LogP contribution in [0.3, 0.4) is 0 Å². The molecule has 2 aromatic rings. The molecule has 1 aliphatic heterocycles. The van der Waals surface area contributed by atoms with Crippen molar-refractivity contribution in [2.45, 2.75) is 38.1 Å². The fourth-order valence-corrected chi connectivity index (χ4v) is 3.60. The Balaban J connectivity index is 1.64. The van der Waals surface area contributed by atoms with Gasteiger partial charge in [-0.25, -0.2) is 0 Å². The molecule has 0 saturated carbocycles. The second kappa shape index (κ2) is 4.72. The molecule has 6 heteroatoms. The van der Waals surface area contributed by atoms with Crippen LogP contribution in [0.4, 0.5) is 0 Å². The lowest BCUT2D eigenvalue weighted by Gasteiger charge is -2.23. The number of hydrogen-bond donors (Lipinski definition) is 1. The highest BCUT2D eigenvalue weighted by Crippen LogP contribution is 2.34. The number of aryl methyl sites for hydroxylation is 2. The third-order valence-corrected chi connectivity index (χ3v) is 4.63. The first kappa shape index (κ1) is 12.6. The molecule has 1 saturated heterocycles. The highest BCUT2D eigenvalue weighted by Gasteiger charge is 2.34. The van der Waals surface area contributed by atoms with Gasteiger partial charge in [0.05, 0.1) is 12.2 Å². The SMILES string of the molecule is Cn1cc([C@@H]2CCCN2C(=O)c2n[nH]c3c2CCC3)cn1. The Morgan fingerprint density at radius 3 is 3.10 bits per heavy atom. The quantitative estimate of drug-likeness (QED) is 0.911. The standard InChI is InChI=1S/C15H19N5O/c1-19-9-10(8-16-19)13-6-3-7-20(13)15(21)14-11-4-2-5-12(11)17-18-14/h8-9,13H,2-7H2,1H3,(H,17,18)/t13-/m0/s1. The summed E-state index contributed by atoms with van der Waals surface area (Å²) in [6.07, 6.45) is 9.02. The minimum absolute atomic E-state index is 0.0701. The predicted molar refractivity (Wildman–Crippen MR) is 76.8 cm³/mol. The van der Waals surface area contributed by atoms with Gasteiger partial charge in [-0.1, -0.05) is 0 Å². The van der Waals surface area contributed by atoms with Gasteiger partial charge in [-0.2, -0.15) is 10.2 Å². The van der Waals surface area contributed by atoms with Crippen molar-refractivity contribution < 1.29 is 4.79 Å². The summed E-state index contributed by atoms with van der Waals surface area (Å²) in [5, 5.41) is 11.5. The average molecular weight is 285 g/mol. The summed E-state index contributed by atoms with van der Waals surface area (Å²) in [6, 6.07) is 0.139. The molecule has 4 rings (SSSR count). The highest BCUT2D eigenvalue weighted by atomic mass is 16.2. The maximum Gasteiger partial charge on any atom is 0.275 e. The summed E-state index contributed by atoms with van der Waals surface area (Å²) in [7, 11) is 1.91. The number of nitrogens with one attached hydrogen (secondary N) is 1. The van der Waals surface area contributed by atoms with E-state index >= 15 is 0 Å². The lowest BCUT2D eigenvalue weighted by molar-refractivity contribution is 0.0728. The Morgan fingerprint density at radius 1 is 1.38 bits per heavy atom. The largest absolute Gasteiger partial charge is 0.330 e. The number of rotatable bonds is 2. The number of carbonyl (C=O) groups is 1. The molecule has 0 spiro atoms. The molecule has 1 amide bonds. The summed E-state index contributed by atoms with van der Waals surface area (Å²) in [6.45, 7) is 0.806.